The summed E-state index contributed by atoms with van der Waals surface area (Å²) in [5, 5.41) is 10.9. The summed E-state index contributed by atoms with van der Waals surface area (Å²) in [7, 11) is 1.58. The number of rotatable bonds is 5. The number of ether oxygens (including phenoxy) is 1. The average Bonchev–Trinajstić information content (AvgIpc) is 3.17. The largest absolute Gasteiger partial charge is 0.497 e. The molecule has 0 fully saturated rings. The molecule has 0 bridgehead atoms. The molecule has 1 aromatic heterocycles. The maximum absolute atomic E-state index is 13.5. The van der Waals surface area contributed by atoms with E-state index in [-0.39, 0.29) is 22.6 Å². The van der Waals surface area contributed by atoms with E-state index in [9.17, 15) is 14.9 Å². The van der Waals surface area contributed by atoms with Gasteiger partial charge in [0.25, 0.3) is 0 Å². The van der Waals surface area contributed by atoms with Crippen molar-refractivity contribution in [2.75, 3.05) is 7.11 Å². The molecule has 0 aliphatic heterocycles. The number of nitriles is 1. The van der Waals surface area contributed by atoms with Crippen LogP contribution in [-0.2, 0) is 0 Å². The number of nitrogens with zero attached hydrogens (tertiary/aromatic N) is 2. The summed E-state index contributed by atoms with van der Waals surface area (Å²) in [5.74, 6) is -0.0204. The maximum Gasteiger partial charge on any atom is 0.212 e. The van der Waals surface area contributed by atoms with Gasteiger partial charge >= 0.3 is 0 Å². The number of benzene rings is 3. The molecule has 0 amide bonds. The van der Waals surface area contributed by atoms with Gasteiger partial charge in [-0.05, 0) is 54.1 Å². The highest BCUT2D eigenvalue weighted by atomic mass is 35.5. The van der Waals surface area contributed by atoms with Crippen molar-refractivity contribution in [3.8, 4) is 22.9 Å². The summed E-state index contributed by atoms with van der Waals surface area (Å²) in [5.41, 5.74) is 2.34. The minimum atomic E-state index is -0.407. The van der Waals surface area contributed by atoms with E-state index in [1.54, 1.807) is 67.8 Å². The molecule has 0 N–H and O–H groups in total. The number of hydrogen-bond donors (Lipinski definition) is 0. The number of aromatic nitrogens is 1. The Morgan fingerprint density at radius 1 is 0.971 bits per heavy atom. The van der Waals surface area contributed by atoms with Crippen molar-refractivity contribution < 1.29 is 14.3 Å². The predicted molar refractivity (Wildman–Crippen MR) is 130 cm³/mol. The van der Waals surface area contributed by atoms with Crippen molar-refractivity contribution in [2.45, 2.75) is 9.92 Å². The van der Waals surface area contributed by atoms with Crippen molar-refractivity contribution in [3.63, 3.8) is 0 Å². The fourth-order valence-corrected chi connectivity index (χ4v) is 4.93. The van der Waals surface area contributed by atoms with Crippen LogP contribution in [0.2, 0.25) is 5.02 Å². The second-order valence-corrected chi connectivity index (χ2v) is 8.99. The van der Waals surface area contributed by atoms with Gasteiger partial charge in [-0.2, -0.15) is 5.26 Å². The molecule has 1 aliphatic rings. The van der Waals surface area contributed by atoms with Crippen LogP contribution in [0.25, 0.3) is 11.1 Å². The summed E-state index contributed by atoms with van der Waals surface area (Å²) in [6.45, 7) is 0. The van der Waals surface area contributed by atoms with Crippen LogP contribution in [0.1, 0.15) is 37.5 Å². The molecule has 5 rings (SSSR count). The molecule has 7 heteroatoms. The number of methoxy groups -OCH3 is 1. The number of fused-ring (bicyclic) bond motifs is 3. The minimum Gasteiger partial charge on any atom is -0.497 e. The van der Waals surface area contributed by atoms with Crippen molar-refractivity contribution in [3.05, 3.63) is 106 Å². The molecule has 1 heterocycles. The zero-order chi connectivity index (χ0) is 23.8. The van der Waals surface area contributed by atoms with Crippen molar-refractivity contribution >= 4 is 34.9 Å². The van der Waals surface area contributed by atoms with Crippen LogP contribution in [0.4, 0.5) is 0 Å². The second kappa shape index (κ2) is 8.79. The van der Waals surface area contributed by atoms with Crippen molar-refractivity contribution in [1.82, 2.24) is 4.98 Å². The first-order valence-corrected chi connectivity index (χ1v) is 11.5. The van der Waals surface area contributed by atoms with Crippen molar-refractivity contribution in [2.24, 2.45) is 0 Å². The lowest BCUT2D eigenvalue weighted by Crippen LogP contribution is -2.13. The highest BCUT2D eigenvalue weighted by Crippen LogP contribution is 2.44. The molecule has 3 aromatic carbocycles. The highest BCUT2D eigenvalue weighted by Gasteiger charge is 2.36. The maximum atomic E-state index is 13.5. The third-order valence-electron chi connectivity index (χ3n) is 5.54. The van der Waals surface area contributed by atoms with Crippen LogP contribution in [-0.4, -0.2) is 23.7 Å². The molecule has 5 nitrogen and oxygen atoms in total. The molecule has 0 atom stereocenters. The van der Waals surface area contributed by atoms with E-state index in [1.165, 1.54) is 11.8 Å². The van der Waals surface area contributed by atoms with Gasteiger partial charge in [0, 0.05) is 26.6 Å². The number of carbonyl (C=O) groups excluding carboxylic acids is 2. The Morgan fingerprint density at radius 2 is 1.65 bits per heavy atom. The topological polar surface area (TPSA) is 80.0 Å². The number of pyridine rings is 1. The molecule has 0 radical (unpaired) electrons. The standard InChI is InChI=1S/C27H15ClN2O3S/c1-33-17-10-12-18(13-11-17)34-27-21(14-29)22-19-4-2-3-5-20(19)26(32)23(22)24(30-27)25(31)15-6-8-16(28)9-7-15/h2-13H,1H3. The lowest BCUT2D eigenvalue weighted by Gasteiger charge is -2.13. The molecule has 0 saturated carbocycles. The molecule has 164 valence electrons. The summed E-state index contributed by atoms with van der Waals surface area (Å²) in [6.07, 6.45) is 0. The smallest absolute Gasteiger partial charge is 0.212 e. The van der Waals surface area contributed by atoms with Crippen LogP contribution in [0.5, 0.6) is 5.75 Å². The van der Waals surface area contributed by atoms with Gasteiger partial charge < -0.3 is 4.74 Å². The Balaban J connectivity index is 1.74. The Kier molecular flexibility index (Phi) is 5.66. The molecule has 0 spiro atoms. The van der Waals surface area contributed by atoms with E-state index >= 15 is 0 Å². The summed E-state index contributed by atoms with van der Waals surface area (Å²) in [6, 6.07) is 23.0. The predicted octanol–water partition coefficient (Wildman–Crippen LogP) is 6.21. The van der Waals surface area contributed by atoms with E-state index in [2.05, 4.69) is 11.1 Å². The third kappa shape index (κ3) is 3.65. The fraction of sp³-hybridized carbons (Fsp3) is 0.0370. The van der Waals surface area contributed by atoms with E-state index in [1.807, 2.05) is 12.1 Å². The van der Waals surface area contributed by atoms with Gasteiger partial charge in [0.05, 0.1) is 18.2 Å². The van der Waals surface area contributed by atoms with Crippen LogP contribution in [0.3, 0.4) is 0 Å². The van der Waals surface area contributed by atoms with Gasteiger partial charge in [0.2, 0.25) is 5.78 Å². The van der Waals surface area contributed by atoms with Gasteiger partial charge in [-0.15, -0.1) is 0 Å². The SMILES string of the molecule is COc1ccc(Sc2nc(C(=O)c3ccc(Cl)cc3)c3c(c2C#N)-c2ccccc2C3=O)cc1. The number of halogens is 1. The van der Waals surface area contributed by atoms with Crippen LogP contribution < -0.4 is 4.74 Å². The molecule has 0 unspecified atom stereocenters. The quantitative estimate of drug-likeness (QED) is 0.277. The normalized spacial score (nSPS) is 11.5. The Bertz CT molecular complexity index is 1510. The summed E-state index contributed by atoms with van der Waals surface area (Å²) >= 11 is 7.24. The first-order valence-electron chi connectivity index (χ1n) is 10.3. The lowest BCUT2D eigenvalue weighted by atomic mass is 9.97. The van der Waals surface area contributed by atoms with E-state index < -0.39 is 5.78 Å². The van der Waals surface area contributed by atoms with Gasteiger partial charge in [-0.25, -0.2) is 4.98 Å². The molecule has 0 saturated heterocycles. The van der Waals surface area contributed by atoms with E-state index in [0.29, 0.717) is 38.1 Å². The Hall–Kier alpha value is -3.92. The number of ketones is 2. The summed E-state index contributed by atoms with van der Waals surface area (Å²) in [4.78, 5) is 32.3. The monoisotopic (exact) mass is 482 g/mol. The molecule has 4 aromatic rings. The Labute approximate surface area is 205 Å². The molecule has 1 aliphatic carbocycles. The number of hydrogen-bond acceptors (Lipinski definition) is 6. The van der Waals surface area contributed by atoms with Gasteiger partial charge in [-0.3, -0.25) is 9.59 Å². The number of carbonyl (C=O) groups is 2. The fourth-order valence-electron chi connectivity index (χ4n) is 3.92. The highest BCUT2D eigenvalue weighted by molar-refractivity contribution is 7.99. The minimum absolute atomic E-state index is 0.0218. The first kappa shape index (κ1) is 21.9. The van der Waals surface area contributed by atoms with Crippen molar-refractivity contribution in [1.29, 1.82) is 5.26 Å². The van der Waals surface area contributed by atoms with Gasteiger partial charge in [-0.1, -0.05) is 47.6 Å². The van der Waals surface area contributed by atoms with Gasteiger partial charge in [0.1, 0.15) is 22.5 Å². The van der Waals surface area contributed by atoms with Crippen LogP contribution in [0.15, 0.2) is 82.7 Å². The molecular weight excluding hydrogens is 468 g/mol. The van der Waals surface area contributed by atoms with Crippen LogP contribution >= 0.6 is 23.4 Å². The Morgan fingerprint density at radius 3 is 2.29 bits per heavy atom. The zero-order valence-corrected chi connectivity index (χ0v) is 19.4. The second-order valence-electron chi connectivity index (χ2n) is 7.49. The molecular formula is C27H15ClN2O3S. The molecule has 34 heavy (non-hydrogen) atoms. The first-order chi connectivity index (χ1) is 16.5. The summed E-state index contributed by atoms with van der Waals surface area (Å²) < 4.78 is 5.21. The zero-order valence-electron chi connectivity index (χ0n) is 17.8. The van der Waals surface area contributed by atoms with Crippen LogP contribution in [0, 0.1) is 11.3 Å². The van der Waals surface area contributed by atoms with Gasteiger partial charge in [0.15, 0.2) is 5.78 Å². The third-order valence-corrected chi connectivity index (χ3v) is 6.79. The lowest BCUT2D eigenvalue weighted by molar-refractivity contribution is 0.100. The van der Waals surface area contributed by atoms with E-state index in [4.69, 9.17) is 16.3 Å². The van der Waals surface area contributed by atoms with E-state index in [0.717, 1.165) is 4.90 Å². The average molecular weight is 483 g/mol.